The molecule has 1 aromatic heterocycles. The number of aromatic nitrogens is 3. The molecule has 8 heteroatoms. The number of hydrogen-bond donors (Lipinski definition) is 1. The lowest BCUT2D eigenvalue weighted by atomic mass is 10.1. The minimum atomic E-state index is -0.0898. The number of ether oxygens (including phenoxy) is 1. The molecule has 0 saturated carbocycles. The van der Waals surface area contributed by atoms with Gasteiger partial charge in [-0.05, 0) is 42.3 Å². The van der Waals surface area contributed by atoms with Gasteiger partial charge in [-0.3, -0.25) is 9.36 Å². The second-order valence-electron chi connectivity index (χ2n) is 6.39. The van der Waals surface area contributed by atoms with Crippen LogP contribution in [0.1, 0.15) is 18.3 Å². The summed E-state index contributed by atoms with van der Waals surface area (Å²) in [5.74, 6) is 1.48. The Kier molecular flexibility index (Phi) is 7.93. The Balaban J connectivity index is 1.62. The largest absolute Gasteiger partial charge is 0.486 e. The fourth-order valence-corrected chi connectivity index (χ4v) is 3.68. The molecule has 2 aromatic carbocycles. The summed E-state index contributed by atoms with van der Waals surface area (Å²) in [5.41, 5.74) is 1.95. The van der Waals surface area contributed by atoms with Crippen LogP contribution in [0.25, 0.3) is 0 Å². The Bertz CT molecular complexity index is 1000. The van der Waals surface area contributed by atoms with Gasteiger partial charge in [0.15, 0.2) is 11.0 Å². The molecule has 0 atom stereocenters. The summed E-state index contributed by atoms with van der Waals surface area (Å²) < 4.78 is 7.66. The maximum atomic E-state index is 12.4. The van der Waals surface area contributed by atoms with Crippen molar-refractivity contribution < 1.29 is 9.53 Å². The predicted molar refractivity (Wildman–Crippen MR) is 121 cm³/mol. The Morgan fingerprint density at radius 1 is 1.23 bits per heavy atom. The highest BCUT2D eigenvalue weighted by Gasteiger charge is 2.14. The number of halogens is 1. The number of benzene rings is 2. The molecule has 1 heterocycles. The van der Waals surface area contributed by atoms with E-state index in [1.807, 2.05) is 28.8 Å². The number of para-hydroxylation sites is 1. The van der Waals surface area contributed by atoms with Gasteiger partial charge in [0.2, 0.25) is 5.91 Å². The van der Waals surface area contributed by atoms with Gasteiger partial charge in [-0.15, -0.1) is 16.8 Å². The van der Waals surface area contributed by atoms with Crippen LogP contribution in [0.3, 0.4) is 0 Å². The van der Waals surface area contributed by atoms with Crippen LogP contribution in [0.2, 0.25) is 5.02 Å². The molecule has 3 aromatic rings. The summed E-state index contributed by atoms with van der Waals surface area (Å²) in [6.07, 6.45) is 2.62. The van der Waals surface area contributed by atoms with Gasteiger partial charge in [0.1, 0.15) is 12.4 Å². The van der Waals surface area contributed by atoms with E-state index in [4.69, 9.17) is 16.3 Å². The van der Waals surface area contributed by atoms with E-state index in [9.17, 15) is 4.79 Å². The van der Waals surface area contributed by atoms with Gasteiger partial charge in [0.25, 0.3) is 0 Å². The number of nitrogens with one attached hydrogen (secondary N) is 1. The van der Waals surface area contributed by atoms with E-state index in [1.165, 1.54) is 11.8 Å². The van der Waals surface area contributed by atoms with Gasteiger partial charge in [0, 0.05) is 17.3 Å². The van der Waals surface area contributed by atoms with Crippen LogP contribution >= 0.6 is 23.4 Å². The van der Waals surface area contributed by atoms with Crippen molar-refractivity contribution >= 4 is 35.0 Å². The number of hydrogen-bond acceptors (Lipinski definition) is 5. The van der Waals surface area contributed by atoms with E-state index < -0.39 is 0 Å². The van der Waals surface area contributed by atoms with E-state index in [-0.39, 0.29) is 18.3 Å². The molecule has 0 saturated heterocycles. The first kappa shape index (κ1) is 21.9. The predicted octanol–water partition coefficient (Wildman–Crippen LogP) is 4.99. The van der Waals surface area contributed by atoms with E-state index in [1.54, 1.807) is 30.3 Å². The second kappa shape index (κ2) is 10.8. The normalized spacial score (nSPS) is 10.6. The van der Waals surface area contributed by atoms with E-state index in [2.05, 4.69) is 29.0 Å². The molecule has 1 amide bonds. The summed E-state index contributed by atoms with van der Waals surface area (Å²) in [5, 5.41) is 12.7. The molecule has 0 fully saturated rings. The van der Waals surface area contributed by atoms with Gasteiger partial charge < -0.3 is 10.1 Å². The topological polar surface area (TPSA) is 69.0 Å². The molecule has 30 heavy (non-hydrogen) atoms. The fourth-order valence-electron chi connectivity index (χ4n) is 2.79. The number of amides is 1. The highest BCUT2D eigenvalue weighted by molar-refractivity contribution is 7.99. The standard InChI is InChI=1S/C22H23ClN4O2S/c1-3-13-27-20(14-29-18-11-9-17(23)10-12-18)25-26-22(27)30-15-21(28)24-19-8-6-5-7-16(19)4-2/h3,5-12H,1,4,13-15H2,2H3,(H,24,28). The van der Waals surface area contributed by atoms with Crippen molar-refractivity contribution in [1.82, 2.24) is 14.8 Å². The smallest absolute Gasteiger partial charge is 0.234 e. The van der Waals surface area contributed by atoms with Gasteiger partial charge >= 0.3 is 0 Å². The van der Waals surface area contributed by atoms with Crippen LogP contribution in [0.15, 0.2) is 66.3 Å². The first-order valence-corrected chi connectivity index (χ1v) is 10.9. The lowest BCUT2D eigenvalue weighted by molar-refractivity contribution is -0.113. The van der Waals surface area contributed by atoms with Crippen LogP contribution in [0.4, 0.5) is 5.69 Å². The number of carbonyl (C=O) groups excluding carboxylic acids is 1. The van der Waals surface area contributed by atoms with Crippen molar-refractivity contribution in [3.63, 3.8) is 0 Å². The summed E-state index contributed by atoms with van der Waals surface area (Å²) >= 11 is 7.23. The Morgan fingerprint density at radius 2 is 2.00 bits per heavy atom. The van der Waals surface area contributed by atoms with Gasteiger partial charge in [-0.25, -0.2) is 0 Å². The Hall–Kier alpha value is -2.77. The van der Waals surface area contributed by atoms with Crippen molar-refractivity contribution in [2.24, 2.45) is 0 Å². The summed E-state index contributed by atoms with van der Waals surface area (Å²) in [6.45, 7) is 6.63. The van der Waals surface area contributed by atoms with Gasteiger partial charge in [-0.1, -0.05) is 54.6 Å². The van der Waals surface area contributed by atoms with Crippen LogP contribution in [0.5, 0.6) is 5.75 Å². The monoisotopic (exact) mass is 442 g/mol. The van der Waals surface area contributed by atoms with Crippen molar-refractivity contribution in [2.45, 2.75) is 31.7 Å². The van der Waals surface area contributed by atoms with Crippen molar-refractivity contribution in [3.8, 4) is 5.75 Å². The molecule has 0 spiro atoms. The first-order valence-electron chi connectivity index (χ1n) is 9.52. The highest BCUT2D eigenvalue weighted by Crippen LogP contribution is 2.21. The fraction of sp³-hybridized carbons (Fsp3) is 0.227. The molecule has 3 rings (SSSR count). The van der Waals surface area contributed by atoms with Crippen molar-refractivity contribution in [3.05, 3.63) is 77.6 Å². The van der Waals surface area contributed by atoms with E-state index in [0.717, 1.165) is 17.7 Å². The Morgan fingerprint density at radius 3 is 2.73 bits per heavy atom. The average Bonchev–Trinajstić information content (AvgIpc) is 3.14. The summed E-state index contributed by atoms with van der Waals surface area (Å²) in [7, 11) is 0. The number of allylic oxidation sites excluding steroid dienone is 1. The lowest BCUT2D eigenvalue weighted by Gasteiger charge is -2.10. The number of aryl methyl sites for hydroxylation is 1. The number of carbonyl (C=O) groups is 1. The van der Waals surface area contributed by atoms with Gasteiger partial charge in [-0.2, -0.15) is 0 Å². The average molecular weight is 443 g/mol. The number of nitrogens with zero attached hydrogens (tertiary/aromatic N) is 3. The minimum Gasteiger partial charge on any atom is -0.486 e. The van der Waals surface area contributed by atoms with E-state index >= 15 is 0 Å². The van der Waals surface area contributed by atoms with Crippen LogP contribution in [0, 0.1) is 0 Å². The SMILES string of the molecule is C=CCn1c(COc2ccc(Cl)cc2)nnc1SCC(=O)Nc1ccccc1CC. The summed E-state index contributed by atoms with van der Waals surface area (Å²) in [6, 6.07) is 14.9. The second-order valence-corrected chi connectivity index (χ2v) is 7.77. The number of anilines is 1. The maximum absolute atomic E-state index is 12.4. The van der Waals surface area contributed by atoms with Crippen LogP contribution in [-0.2, 0) is 24.4 Å². The zero-order valence-electron chi connectivity index (χ0n) is 16.7. The minimum absolute atomic E-state index is 0.0898. The van der Waals surface area contributed by atoms with E-state index in [0.29, 0.717) is 28.3 Å². The number of rotatable bonds is 10. The van der Waals surface area contributed by atoms with Gasteiger partial charge in [0.05, 0.1) is 5.75 Å². The molecular formula is C22H23ClN4O2S. The molecule has 6 nitrogen and oxygen atoms in total. The molecule has 0 aliphatic carbocycles. The first-order chi connectivity index (χ1) is 14.6. The Labute approximate surface area is 185 Å². The molecule has 0 unspecified atom stereocenters. The zero-order valence-corrected chi connectivity index (χ0v) is 18.2. The third-order valence-electron chi connectivity index (χ3n) is 4.29. The van der Waals surface area contributed by atoms with Crippen molar-refractivity contribution in [2.75, 3.05) is 11.1 Å². The molecule has 0 bridgehead atoms. The molecular weight excluding hydrogens is 420 g/mol. The van der Waals surface area contributed by atoms with Crippen LogP contribution in [-0.4, -0.2) is 26.4 Å². The zero-order chi connectivity index (χ0) is 21.3. The molecule has 0 aliphatic heterocycles. The maximum Gasteiger partial charge on any atom is 0.234 e. The quantitative estimate of drug-likeness (QED) is 0.354. The van der Waals surface area contributed by atoms with Crippen molar-refractivity contribution in [1.29, 1.82) is 0 Å². The third kappa shape index (κ3) is 5.87. The summed E-state index contributed by atoms with van der Waals surface area (Å²) in [4.78, 5) is 12.4. The molecule has 0 aliphatic rings. The highest BCUT2D eigenvalue weighted by atomic mass is 35.5. The number of thioether (sulfide) groups is 1. The lowest BCUT2D eigenvalue weighted by Crippen LogP contribution is -2.16. The molecule has 0 radical (unpaired) electrons. The molecule has 1 N–H and O–H groups in total. The third-order valence-corrected chi connectivity index (χ3v) is 5.51. The molecule has 156 valence electrons. The van der Waals surface area contributed by atoms with Crippen LogP contribution < -0.4 is 10.1 Å².